The maximum Gasteiger partial charge on any atom is 0.324 e. The van der Waals surface area contributed by atoms with Gasteiger partial charge in [0.2, 0.25) is 0 Å². The Morgan fingerprint density at radius 2 is 1.22 bits per heavy atom. The number of carboxylic acids is 4. The summed E-state index contributed by atoms with van der Waals surface area (Å²) in [6.07, 6.45) is 0. The van der Waals surface area contributed by atoms with Crippen LogP contribution in [0, 0.1) is 5.82 Å². The smallest absolute Gasteiger partial charge is 0.324 e. The number of aromatic nitrogens is 1. The third kappa shape index (κ3) is 4.06. The molecule has 0 unspecified atom stereocenters. The van der Waals surface area contributed by atoms with Gasteiger partial charge in [-0.1, -0.05) is 6.07 Å². The summed E-state index contributed by atoms with van der Waals surface area (Å²) in [6, 6.07) is 6.97. The number of rotatable bonds is 7. The number of carboxylic acid groups (broad SMARTS) is 4. The van der Waals surface area contributed by atoms with Crippen LogP contribution in [0.3, 0.4) is 0 Å². The summed E-state index contributed by atoms with van der Waals surface area (Å²) in [7, 11) is 0. The van der Waals surface area contributed by atoms with Crippen molar-refractivity contribution in [3.05, 3.63) is 53.5 Å². The predicted octanol–water partition coefficient (Wildman–Crippen LogP) is 1.39. The van der Waals surface area contributed by atoms with E-state index in [1.165, 1.54) is 18.2 Å². The molecule has 4 N–H and O–H groups in total. The van der Waals surface area contributed by atoms with E-state index in [2.05, 4.69) is 4.98 Å². The predicted molar refractivity (Wildman–Crippen MR) is 85.7 cm³/mol. The zero-order valence-corrected chi connectivity index (χ0v) is 13.4. The second-order valence-corrected chi connectivity index (χ2v) is 5.40. The summed E-state index contributed by atoms with van der Waals surface area (Å²) in [5.41, 5.74) is -0.987. The Kier molecular flexibility index (Phi) is 5.49. The fourth-order valence-electron chi connectivity index (χ4n) is 2.45. The van der Waals surface area contributed by atoms with Crippen molar-refractivity contribution in [1.82, 2.24) is 4.98 Å². The van der Waals surface area contributed by atoms with E-state index in [-0.39, 0.29) is 5.69 Å². The van der Waals surface area contributed by atoms with Crippen molar-refractivity contribution in [3.8, 4) is 11.3 Å². The number of hydrogen-bond donors (Lipinski definition) is 4. The first-order valence-corrected chi connectivity index (χ1v) is 7.31. The van der Waals surface area contributed by atoms with Crippen molar-refractivity contribution in [1.29, 1.82) is 0 Å². The second-order valence-electron chi connectivity index (χ2n) is 5.40. The lowest BCUT2D eigenvalue weighted by Gasteiger charge is -2.17. The van der Waals surface area contributed by atoms with E-state index in [9.17, 15) is 33.8 Å². The summed E-state index contributed by atoms with van der Waals surface area (Å²) in [5, 5.41) is 36.7. The largest absolute Gasteiger partial charge is 0.480 e. The summed E-state index contributed by atoms with van der Waals surface area (Å²) in [5.74, 6) is -12.4. The van der Waals surface area contributed by atoms with Gasteiger partial charge in [0.15, 0.2) is 11.8 Å². The molecular formula is C17H12FNO8. The number of pyridine rings is 1. The molecule has 2 rings (SSSR count). The molecule has 0 aliphatic heterocycles. The summed E-state index contributed by atoms with van der Waals surface area (Å²) >= 11 is 0. The Morgan fingerprint density at radius 3 is 1.67 bits per heavy atom. The Morgan fingerprint density at radius 1 is 0.741 bits per heavy atom. The fourth-order valence-corrected chi connectivity index (χ4v) is 2.45. The van der Waals surface area contributed by atoms with E-state index < -0.39 is 52.8 Å². The highest BCUT2D eigenvalue weighted by Crippen LogP contribution is 2.30. The van der Waals surface area contributed by atoms with Gasteiger partial charge in [-0.15, -0.1) is 0 Å². The van der Waals surface area contributed by atoms with Crippen LogP contribution in [0.4, 0.5) is 4.39 Å². The lowest BCUT2D eigenvalue weighted by Crippen LogP contribution is -2.28. The molecule has 0 amide bonds. The molecule has 2 aromatic rings. The molecule has 1 heterocycles. The minimum atomic E-state index is -2.29. The highest BCUT2D eigenvalue weighted by molar-refractivity contribution is 6.02. The Labute approximate surface area is 150 Å². The fraction of sp³-hybridized carbons (Fsp3) is 0.118. The summed E-state index contributed by atoms with van der Waals surface area (Å²) in [6.45, 7) is 0. The van der Waals surface area contributed by atoms with Gasteiger partial charge in [0.1, 0.15) is 5.82 Å². The van der Waals surface area contributed by atoms with Gasteiger partial charge >= 0.3 is 23.9 Å². The topological polar surface area (TPSA) is 162 Å². The average molecular weight is 377 g/mol. The quantitative estimate of drug-likeness (QED) is 0.522. The van der Waals surface area contributed by atoms with Gasteiger partial charge in [-0.3, -0.25) is 24.2 Å². The minimum absolute atomic E-state index is 0.0239. The van der Waals surface area contributed by atoms with Gasteiger partial charge in [0.05, 0.1) is 11.4 Å². The lowest BCUT2D eigenvalue weighted by atomic mass is 9.90. The number of carbonyl (C=O) groups is 4. The van der Waals surface area contributed by atoms with Crippen LogP contribution in [0.25, 0.3) is 11.3 Å². The highest BCUT2D eigenvalue weighted by Gasteiger charge is 2.38. The molecule has 27 heavy (non-hydrogen) atoms. The minimum Gasteiger partial charge on any atom is -0.480 e. The van der Waals surface area contributed by atoms with E-state index in [4.69, 9.17) is 10.2 Å². The molecule has 0 bridgehead atoms. The van der Waals surface area contributed by atoms with E-state index in [0.29, 0.717) is 5.56 Å². The number of benzene rings is 1. The first kappa shape index (κ1) is 19.5. The lowest BCUT2D eigenvalue weighted by molar-refractivity contribution is -0.153. The van der Waals surface area contributed by atoms with E-state index in [1.54, 1.807) is 0 Å². The monoisotopic (exact) mass is 377 g/mol. The standard InChI is InChI=1S/C17H12FNO8/c18-8-3-1-7(2-4-8)10-6-5-9(11(14(20)21)15(22)23)13(19-10)12(16(24)25)17(26)27/h1-6,11-12H,(H,20,21)(H,22,23)(H,24,25)(H,26,27). The third-order valence-electron chi connectivity index (χ3n) is 3.67. The average Bonchev–Trinajstić information content (AvgIpc) is 2.55. The molecule has 0 aliphatic carbocycles. The van der Waals surface area contributed by atoms with Crippen LogP contribution in [0.5, 0.6) is 0 Å². The number of aliphatic carboxylic acids is 4. The van der Waals surface area contributed by atoms with Gasteiger partial charge in [-0.25, -0.2) is 4.39 Å². The second kappa shape index (κ2) is 7.60. The van der Waals surface area contributed by atoms with Crippen LogP contribution in [0.1, 0.15) is 23.1 Å². The molecule has 0 atom stereocenters. The molecule has 1 aromatic carbocycles. The molecule has 10 heteroatoms. The number of halogens is 1. The first-order valence-electron chi connectivity index (χ1n) is 7.31. The zero-order valence-electron chi connectivity index (χ0n) is 13.4. The molecule has 0 saturated heterocycles. The van der Waals surface area contributed by atoms with Crippen molar-refractivity contribution in [3.63, 3.8) is 0 Å². The van der Waals surface area contributed by atoms with Crippen molar-refractivity contribution in [2.75, 3.05) is 0 Å². The SMILES string of the molecule is O=C(O)C(C(=O)O)c1ccc(-c2ccc(F)cc2)nc1C(C(=O)O)C(=O)O. The highest BCUT2D eigenvalue weighted by atomic mass is 19.1. The van der Waals surface area contributed by atoms with E-state index >= 15 is 0 Å². The maximum atomic E-state index is 13.1. The van der Waals surface area contributed by atoms with Crippen molar-refractivity contribution < 1.29 is 44.0 Å². The Balaban J connectivity index is 2.75. The van der Waals surface area contributed by atoms with Crippen molar-refractivity contribution >= 4 is 23.9 Å². The van der Waals surface area contributed by atoms with Gasteiger partial charge in [-0.05, 0) is 30.3 Å². The molecule has 0 aliphatic rings. The molecule has 0 saturated carbocycles. The zero-order chi connectivity index (χ0) is 20.3. The van der Waals surface area contributed by atoms with E-state index in [1.807, 2.05) is 0 Å². The summed E-state index contributed by atoms with van der Waals surface area (Å²) < 4.78 is 13.1. The molecular weight excluding hydrogens is 365 g/mol. The normalized spacial score (nSPS) is 10.8. The van der Waals surface area contributed by atoms with Crippen LogP contribution < -0.4 is 0 Å². The molecule has 9 nitrogen and oxygen atoms in total. The number of hydrogen-bond acceptors (Lipinski definition) is 5. The Hall–Kier alpha value is -3.82. The molecule has 0 spiro atoms. The molecule has 140 valence electrons. The summed E-state index contributed by atoms with van der Waals surface area (Å²) in [4.78, 5) is 49.3. The van der Waals surface area contributed by atoms with Crippen LogP contribution in [0.15, 0.2) is 36.4 Å². The van der Waals surface area contributed by atoms with Gasteiger partial charge in [-0.2, -0.15) is 0 Å². The van der Waals surface area contributed by atoms with Gasteiger partial charge < -0.3 is 20.4 Å². The number of nitrogens with zero attached hydrogens (tertiary/aromatic N) is 1. The van der Waals surface area contributed by atoms with Crippen LogP contribution in [0.2, 0.25) is 0 Å². The van der Waals surface area contributed by atoms with Crippen molar-refractivity contribution in [2.45, 2.75) is 11.8 Å². The molecule has 0 fully saturated rings. The van der Waals surface area contributed by atoms with Crippen LogP contribution >= 0.6 is 0 Å². The van der Waals surface area contributed by atoms with Crippen LogP contribution in [-0.4, -0.2) is 49.3 Å². The Bertz CT molecular complexity index is 897. The first-order chi connectivity index (χ1) is 12.6. The molecule has 0 radical (unpaired) electrons. The maximum absolute atomic E-state index is 13.1. The third-order valence-corrected chi connectivity index (χ3v) is 3.67. The van der Waals surface area contributed by atoms with Crippen molar-refractivity contribution in [2.24, 2.45) is 0 Å². The van der Waals surface area contributed by atoms with E-state index in [0.717, 1.165) is 18.2 Å². The van der Waals surface area contributed by atoms with Gasteiger partial charge in [0.25, 0.3) is 0 Å². The van der Waals surface area contributed by atoms with Crippen LogP contribution in [-0.2, 0) is 19.2 Å². The van der Waals surface area contributed by atoms with Gasteiger partial charge in [0, 0.05) is 11.1 Å². The molecule has 1 aromatic heterocycles.